The van der Waals surface area contributed by atoms with Crippen molar-refractivity contribution in [3.63, 3.8) is 0 Å². The molecule has 8 nitrogen and oxygen atoms in total. The summed E-state index contributed by atoms with van der Waals surface area (Å²) in [6.07, 6.45) is -7.26. The van der Waals surface area contributed by atoms with Crippen molar-refractivity contribution in [3.05, 3.63) is 41.7 Å². The molecule has 0 spiro atoms. The molecule has 2 heterocycles. The standard InChI is InChI=1S/C19H26N4.2C2HF3O2/c1-15-18(21-19(20-15)17-5-3-2-4-6-17)14-23-11-9-22(10-12-23)13-16-7-8-16;2*3-2(4,5)1(6)7/h2-6,16H,7-14H2,1H3,(H,20,21);2*(H,6,7). The fourth-order valence-electron chi connectivity index (χ4n) is 3.39. The van der Waals surface area contributed by atoms with E-state index in [1.165, 1.54) is 57.0 Å². The minimum Gasteiger partial charge on any atom is -0.475 e. The van der Waals surface area contributed by atoms with Crippen LogP contribution in [-0.4, -0.2) is 87.0 Å². The van der Waals surface area contributed by atoms with Crippen molar-refractivity contribution in [2.24, 2.45) is 5.92 Å². The summed E-state index contributed by atoms with van der Waals surface area (Å²) >= 11 is 0. The molecule has 1 aliphatic heterocycles. The molecule has 1 aromatic carbocycles. The highest BCUT2D eigenvalue weighted by molar-refractivity contribution is 5.73. The van der Waals surface area contributed by atoms with Crippen LogP contribution in [0.1, 0.15) is 24.2 Å². The van der Waals surface area contributed by atoms with Gasteiger partial charge < -0.3 is 20.1 Å². The second-order valence-electron chi connectivity index (χ2n) is 8.65. The quantitative estimate of drug-likeness (QED) is 0.490. The van der Waals surface area contributed by atoms with Crippen LogP contribution in [0.4, 0.5) is 26.3 Å². The van der Waals surface area contributed by atoms with Gasteiger partial charge in [-0.3, -0.25) is 4.90 Å². The number of aromatic amines is 1. The largest absolute Gasteiger partial charge is 0.490 e. The Morgan fingerprint density at radius 1 is 0.919 bits per heavy atom. The molecule has 14 heteroatoms. The average molecular weight is 538 g/mol. The molecule has 1 saturated carbocycles. The maximum atomic E-state index is 10.6. The van der Waals surface area contributed by atoms with Gasteiger partial charge in [0, 0.05) is 50.5 Å². The number of carbonyl (C=O) groups is 2. The number of carboxylic acids is 2. The fourth-order valence-corrected chi connectivity index (χ4v) is 3.39. The van der Waals surface area contributed by atoms with Crippen LogP contribution in [0.5, 0.6) is 0 Å². The number of rotatable bonds is 5. The maximum Gasteiger partial charge on any atom is 0.490 e. The minimum absolute atomic E-state index is 0.965. The first-order valence-electron chi connectivity index (χ1n) is 11.3. The third kappa shape index (κ3) is 10.8. The van der Waals surface area contributed by atoms with Crippen molar-refractivity contribution in [3.8, 4) is 11.4 Å². The number of aromatic nitrogens is 2. The number of nitrogens with one attached hydrogen (secondary N) is 1. The van der Waals surface area contributed by atoms with Gasteiger partial charge in [-0.05, 0) is 25.7 Å². The predicted octanol–water partition coefficient (Wildman–Crippen LogP) is 4.18. The Labute approximate surface area is 208 Å². The topological polar surface area (TPSA) is 110 Å². The van der Waals surface area contributed by atoms with E-state index in [0.717, 1.165) is 23.9 Å². The van der Waals surface area contributed by atoms with Crippen molar-refractivity contribution >= 4 is 11.9 Å². The number of benzene rings is 1. The molecule has 2 aromatic rings. The van der Waals surface area contributed by atoms with Crippen molar-refractivity contribution in [2.45, 2.75) is 38.7 Å². The number of piperazine rings is 1. The van der Waals surface area contributed by atoms with E-state index in [1.807, 2.05) is 6.07 Å². The van der Waals surface area contributed by atoms with Crippen LogP contribution in [0.2, 0.25) is 0 Å². The van der Waals surface area contributed by atoms with Crippen molar-refractivity contribution in [1.29, 1.82) is 0 Å². The van der Waals surface area contributed by atoms with E-state index >= 15 is 0 Å². The Kier molecular flexibility index (Phi) is 10.5. The Balaban J connectivity index is 0.000000286. The monoisotopic (exact) mass is 538 g/mol. The van der Waals surface area contributed by atoms with Crippen LogP contribution in [-0.2, 0) is 16.1 Å². The molecule has 3 N–H and O–H groups in total. The molecule has 0 radical (unpaired) electrons. The second kappa shape index (κ2) is 12.9. The molecule has 1 saturated heterocycles. The van der Waals surface area contributed by atoms with Gasteiger partial charge in [0.25, 0.3) is 0 Å². The van der Waals surface area contributed by atoms with Gasteiger partial charge in [0.2, 0.25) is 0 Å². The van der Waals surface area contributed by atoms with E-state index in [2.05, 4.69) is 46.0 Å². The van der Waals surface area contributed by atoms with Crippen LogP contribution in [0.3, 0.4) is 0 Å². The molecular weight excluding hydrogens is 510 g/mol. The Hall–Kier alpha value is -3.13. The molecule has 0 unspecified atom stereocenters. The lowest BCUT2D eigenvalue weighted by Gasteiger charge is -2.34. The van der Waals surface area contributed by atoms with Gasteiger partial charge in [-0.2, -0.15) is 26.3 Å². The van der Waals surface area contributed by atoms with Gasteiger partial charge >= 0.3 is 24.3 Å². The van der Waals surface area contributed by atoms with Crippen molar-refractivity contribution in [2.75, 3.05) is 32.7 Å². The molecule has 0 atom stereocenters. The summed E-state index contributed by atoms with van der Waals surface area (Å²) in [5.74, 6) is -3.52. The van der Waals surface area contributed by atoms with Crippen LogP contribution >= 0.6 is 0 Å². The smallest absolute Gasteiger partial charge is 0.475 e. The summed E-state index contributed by atoms with van der Waals surface area (Å²) in [5.41, 5.74) is 3.56. The molecule has 0 amide bonds. The molecule has 2 aliphatic rings. The summed E-state index contributed by atoms with van der Waals surface area (Å²) in [5, 5.41) is 14.2. The molecule has 2 fully saturated rings. The summed E-state index contributed by atoms with van der Waals surface area (Å²) in [6.45, 7) is 9.19. The first kappa shape index (κ1) is 30.1. The molecule has 1 aromatic heterocycles. The lowest BCUT2D eigenvalue weighted by atomic mass is 10.2. The molecule has 37 heavy (non-hydrogen) atoms. The minimum atomic E-state index is -5.08. The predicted molar refractivity (Wildman–Crippen MR) is 121 cm³/mol. The number of aryl methyl sites for hydroxylation is 1. The van der Waals surface area contributed by atoms with E-state index in [4.69, 9.17) is 24.8 Å². The number of halogens is 6. The Bertz CT molecular complexity index is 990. The number of carboxylic acid groups (broad SMARTS) is 2. The van der Waals surface area contributed by atoms with Gasteiger partial charge in [0.15, 0.2) is 0 Å². The van der Waals surface area contributed by atoms with Crippen molar-refractivity contribution in [1.82, 2.24) is 19.8 Å². The maximum absolute atomic E-state index is 10.6. The van der Waals surface area contributed by atoms with E-state index < -0.39 is 24.3 Å². The first-order valence-corrected chi connectivity index (χ1v) is 11.3. The SMILES string of the molecule is Cc1[nH]c(-c2ccccc2)nc1CN1CCN(CC2CC2)CC1.O=C(O)C(F)(F)F.O=C(O)C(F)(F)F. The highest BCUT2D eigenvalue weighted by atomic mass is 19.4. The van der Waals surface area contributed by atoms with Crippen LogP contribution < -0.4 is 0 Å². The average Bonchev–Trinajstić information content (AvgIpc) is 3.56. The number of H-pyrrole nitrogens is 1. The number of imidazole rings is 1. The van der Waals surface area contributed by atoms with Gasteiger partial charge in [-0.1, -0.05) is 30.3 Å². The number of alkyl halides is 6. The first-order chi connectivity index (χ1) is 17.2. The Morgan fingerprint density at radius 3 is 1.81 bits per heavy atom. The van der Waals surface area contributed by atoms with E-state index in [-0.39, 0.29) is 0 Å². The van der Waals surface area contributed by atoms with Gasteiger partial charge in [0.1, 0.15) is 5.82 Å². The summed E-state index contributed by atoms with van der Waals surface area (Å²) in [6, 6.07) is 10.4. The third-order valence-electron chi connectivity index (χ3n) is 5.57. The highest BCUT2D eigenvalue weighted by Crippen LogP contribution is 2.30. The van der Waals surface area contributed by atoms with Crippen LogP contribution in [0.25, 0.3) is 11.4 Å². The summed E-state index contributed by atoms with van der Waals surface area (Å²) in [7, 11) is 0. The van der Waals surface area contributed by atoms with E-state index in [1.54, 1.807) is 0 Å². The third-order valence-corrected chi connectivity index (χ3v) is 5.57. The molecule has 0 bridgehead atoms. The lowest BCUT2D eigenvalue weighted by molar-refractivity contribution is -0.193. The summed E-state index contributed by atoms with van der Waals surface area (Å²) in [4.78, 5) is 31.3. The second-order valence-corrected chi connectivity index (χ2v) is 8.65. The Morgan fingerprint density at radius 2 is 1.38 bits per heavy atom. The van der Waals surface area contributed by atoms with Crippen molar-refractivity contribution < 1.29 is 46.1 Å². The number of aliphatic carboxylic acids is 2. The molecule has 4 rings (SSSR count). The lowest BCUT2D eigenvalue weighted by Crippen LogP contribution is -2.46. The van der Waals surface area contributed by atoms with Gasteiger partial charge in [0.05, 0.1) is 5.69 Å². The van der Waals surface area contributed by atoms with Crippen LogP contribution in [0.15, 0.2) is 30.3 Å². The van der Waals surface area contributed by atoms with Gasteiger partial charge in [-0.25, -0.2) is 14.6 Å². The molecule has 206 valence electrons. The zero-order valence-electron chi connectivity index (χ0n) is 19.9. The number of nitrogens with zero attached hydrogens (tertiary/aromatic N) is 3. The number of hydrogen-bond acceptors (Lipinski definition) is 5. The zero-order valence-corrected chi connectivity index (χ0v) is 19.9. The van der Waals surface area contributed by atoms with E-state index in [0.29, 0.717) is 0 Å². The normalized spacial score (nSPS) is 16.7. The highest BCUT2D eigenvalue weighted by Gasteiger charge is 2.38. The van der Waals surface area contributed by atoms with Gasteiger partial charge in [-0.15, -0.1) is 0 Å². The fraction of sp³-hybridized carbons (Fsp3) is 0.522. The molecular formula is C23H28F6N4O4. The van der Waals surface area contributed by atoms with Crippen LogP contribution in [0, 0.1) is 12.8 Å². The molecule has 1 aliphatic carbocycles. The van der Waals surface area contributed by atoms with E-state index in [9.17, 15) is 26.3 Å². The zero-order chi connectivity index (χ0) is 27.8. The number of hydrogen-bond donors (Lipinski definition) is 3. The summed E-state index contributed by atoms with van der Waals surface area (Å²) < 4.78 is 63.5.